The lowest BCUT2D eigenvalue weighted by molar-refractivity contribution is -0.137. The normalized spacial score (nSPS) is 17.9. The molecular weight excluding hydrogens is 348 g/mol. The zero-order valence-electron chi connectivity index (χ0n) is 15.6. The maximum atomic E-state index is 12.2. The molecule has 1 aromatic carbocycles. The lowest BCUT2D eigenvalue weighted by atomic mass is 10.1. The standard InChI is InChI=1S/C19H26N4O4/c1-26-16-4-2-15(3-5-16)17-6-7-19(25)23(21-17)14-18(24)20-8-9-22-10-12-27-13-11-22/h2-6,21H,7-14H2,1H3,(H,20,24). The zero-order chi connectivity index (χ0) is 19.1. The third kappa shape index (κ3) is 5.45. The van der Waals surface area contributed by atoms with Gasteiger partial charge in [-0.25, -0.2) is 5.01 Å². The molecule has 0 bridgehead atoms. The average Bonchev–Trinajstić information content (AvgIpc) is 2.70. The molecule has 2 amide bonds. The van der Waals surface area contributed by atoms with Crippen LogP contribution in [0.2, 0.25) is 0 Å². The Morgan fingerprint density at radius 3 is 2.70 bits per heavy atom. The van der Waals surface area contributed by atoms with Gasteiger partial charge in [0, 0.05) is 32.6 Å². The number of hydrogen-bond acceptors (Lipinski definition) is 6. The van der Waals surface area contributed by atoms with E-state index in [0.29, 0.717) is 6.54 Å². The predicted octanol–water partition coefficient (Wildman–Crippen LogP) is 0.221. The minimum absolute atomic E-state index is 0.0184. The molecule has 8 nitrogen and oxygen atoms in total. The van der Waals surface area contributed by atoms with Crippen molar-refractivity contribution in [3.8, 4) is 5.75 Å². The molecule has 0 aromatic heterocycles. The number of carbonyl (C=O) groups excluding carboxylic acids is 2. The largest absolute Gasteiger partial charge is 0.497 e. The summed E-state index contributed by atoms with van der Waals surface area (Å²) in [4.78, 5) is 26.6. The van der Waals surface area contributed by atoms with Crippen LogP contribution in [0.4, 0.5) is 0 Å². The smallest absolute Gasteiger partial charge is 0.245 e. The molecule has 0 saturated carbocycles. The molecule has 2 aliphatic rings. The van der Waals surface area contributed by atoms with E-state index in [1.54, 1.807) is 7.11 Å². The van der Waals surface area contributed by atoms with E-state index in [1.165, 1.54) is 5.01 Å². The number of hydrogen-bond donors (Lipinski definition) is 2. The second-order valence-corrected chi connectivity index (χ2v) is 6.45. The summed E-state index contributed by atoms with van der Waals surface area (Å²) < 4.78 is 10.5. The van der Waals surface area contributed by atoms with Crippen LogP contribution in [0.5, 0.6) is 5.75 Å². The van der Waals surface area contributed by atoms with Crippen molar-refractivity contribution in [1.82, 2.24) is 20.7 Å². The van der Waals surface area contributed by atoms with Crippen LogP contribution < -0.4 is 15.5 Å². The van der Waals surface area contributed by atoms with Gasteiger partial charge in [-0.2, -0.15) is 0 Å². The summed E-state index contributed by atoms with van der Waals surface area (Å²) in [6, 6.07) is 7.54. The molecule has 0 spiro atoms. The molecule has 146 valence electrons. The molecule has 2 heterocycles. The minimum atomic E-state index is -0.180. The van der Waals surface area contributed by atoms with Gasteiger partial charge >= 0.3 is 0 Å². The number of methoxy groups -OCH3 is 1. The topological polar surface area (TPSA) is 83.1 Å². The van der Waals surface area contributed by atoms with E-state index in [2.05, 4.69) is 15.6 Å². The Morgan fingerprint density at radius 1 is 1.26 bits per heavy atom. The molecule has 8 heteroatoms. The van der Waals surface area contributed by atoms with Crippen LogP contribution in [-0.4, -0.2) is 74.8 Å². The van der Waals surface area contributed by atoms with Gasteiger partial charge in [0.25, 0.3) is 0 Å². The van der Waals surface area contributed by atoms with Crippen molar-refractivity contribution in [2.45, 2.75) is 6.42 Å². The minimum Gasteiger partial charge on any atom is -0.497 e. The zero-order valence-corrected chi connectivity index (χ0v) is 15.6. The Labute approximate surface area is 159 Å². The molecule has 2 aliphatic heterocycles. The van der Waals surface area contributed by atoms with E-state index in [1.807, 2.05) is 30.3 Å². The van der Waals surface area contributed by atoms with Crippen molar-refractivity contribution in [1.29, 1.82) is 0 Å². The van der Waals surface area contributed by atoms with E-state index in [4.69, 9.17) is 9.47 Å². The summed E-state index contributed by atoms with van der Waals surface area (Å²) in [5.41, 5.74) is 4.78. The molecule has 1 saturated heterocycles. The summed E-state index contributed by atoms with van der Waals surface area (Å²) in [7, 11) is 1.62. The van der Waals surface area contributed by atoms with Crippen LogP contribution in [0.15, 0.2) is 30.3 Å². The van der Waals surface area contributed by atoms with Crippen molar-refractivity contribution < 1.29 is 19.1 Å². The molecule has 0 unspecified atom stereocenters. The molecule has 1 aromatic rings. The Kier molecular flexibility index (Phi) is 6.67. The summed E-state index contributed by atoms with van der Waals surface area (Å²) in [5, 5.41) is 4.24. The fourth-order valence-electron chi connectivity index (χ4n) is 3.01. The third-order valence-corrected chi connectivity index (χ3v) is 4.59. The SMILES string of the molecule is COc1ccc(C2=CCC(=O)N(CC(=O)NCCN3CCOCC3)N2)cc1. The first kappa shape index (κ1) is 19.2. The van der Waals surface area contributed by atoms with E-state index < -0.39 is 0 Å². The van der Waals surface area contributed by atoms with Crippen LogP contribution in [0.3, 0.4) is 0 Å². The average molecular weight is 374 g/mol. The highest BCUT2D eigenvalue weighted by atomic mass is 16.5. The number of benzene rings is 1. The molecule has 2 N–H and O–H groups in total. The third-order valence-electron chi connectivity index (χ3n) is 4.59. The van der Waals surface area contributed by atoms with Crippen molar-refractivity contribution in [2.75, 3.05) is 53.0 Å². The molecule has 27 heavy (non-hydrogen) atoms. The number of morpholine rings is 1. The summed E-state index contributed by atoms with van der Waals surface area (Å²) in [5.74, 6) is 0.457. The van der Waals surface area contributed by atoms with Crippen LogP contribution in [0.25, 0.3) is 5.70 Å². The molecular formula is C19H26N4O4. The lowest BCUT2D eigenvalue weighted by Gasteiger charge is -2.29. The van der Waals surface area contributed by atoms with Gasteiger partial charge in [-0.15, -0.1) is 0 Å². The quantitative estimate of drug-likeness (QED) is 0.711. The van der Waals surface area contributed by atoms with Gasteiger partial charge in [0.2, 0.25) is 11.8 Å². The van der Waals surface area contributed by atoms with E-state index in [0.717, 1.165) is 49.9 Å². The molecule has 0 radical (unpaired) electrons. The van der Waals surface area contributed by atoms with Gasteiger partial charge in [-0.3, -0.25) is 19.9 Å². The number of carbonyl (C=O) groups is 2. The molecule has 0 atom stereocenters. The predicted molar refractivity (Wildman–Crippen MR) is 101 cm³/mol. The number of rotatable bonds is 7. The van der Waals surface area contributed by atoms with Crippen molar-refractivity contribution >= 4 is 17.5 Å². The molecule has 3 rings (SSSR count). The van der Waals surface area contributed by atoms with Crippen molar-refractivity contribution in [3.63, 3.8) is 0 Å². The lowest BCUT2D eigenvalue weighted by Crippen LogP contribution is -2.50. The second kappa shape index (κ2) is 9.38. The highest BCUT2D eigenvalue weighted by Crippen LogP contribution is 2.20. The van der Waals surface area contributed by atoms with E-state index in [9.17, 15) is 9.59 Å². The fraction of sp³-hybridized carbons (Fsp3) is 0.474. The molecule has 0 aliphatic carbocycles. The Hall–Kier alpha value is -2.58. The number of hydrazine groups is 1. The van der Waals surface area contributed by atoms with Gasteiger partial charge in [0.05, 0.1) is 26.0 Å². The van der Waals surface area contributed by atoms with Gasteiger partial charge < -0.3 is 14.8 Å². The van der Waals surface area contributed by atoms with Crippen molar-refractivity contribution in [2.24, 2.45) is 0 Å². The fourth-order valence-corrected chi connectivity index (χ4v) is 3.01. The second-order valence-electron chi connectivity index (χ2n) is 6.45. The number of nitrogens with zero attached hydrogens (tertiary/aromatic N) is 2. The number of nitrogens with one attached hydrogen (secondary N) is 2. The number of ether oxygens (including phenoxy) is 2. The first-order chi connectivity index (χ1) is 13.2. The van der Waals surface area contributed by atoms with Gasteiger partial charge in [0.15, 0.2) is 0 Å². The monoisotopic (exact) mass is 374 g/mol. The summed E-state index contributed by atoms with van der Waals surface area (Å²) in [6.45, 7) is 4.57. The Balaban J connectivity index is 1.47. The Morgan fingerprint density at radius 2 is 2.00 bits per heavy atom. The highest BCUT2D eigenvalue weighted by molar-refractivity contribution is 5.88. The van der Waals surface area contributed by atoms with Crippen LogP contribution in [0, 0.1) is 0 Å². The summed E-state index contributed by atoms with van der Waals surface area (Å²) in [6.07, 6.45) is 2.09. The van der Waals surface area contributed by atoms with E-state index >= 15 is 0 Å². The first-order valence-corrected chi connectivity index (χ1v) is 9.14. The summed E-state index contributed by atoms with van der Waals surface area (Å²) >= 11 is 0. The van der Waals surface area contributed by atoms with Gasteiger partial charge in [0.1, 0.15) is 12.3 Å². The van der Waals surface area contributed by atoms with Crippen LogP contribution in [-0.2, 0) is 14.3 Å². The van der Waals surface area contributed by atoms with Gasteiger partial charge in [-0.1, -0.05) is 0 Å². The van der Waals surface area contributed by atoms with Crippen LogP contribution in [0.1, 0.15) is 12.0 Å². The van der Waals surface area contributed by atoms with E-state index in [-0.39, 0.29) is 24.8 Å². The Bertz CT molecular complexity index is 683. The maximum Gasteiger partial charge on any atom is 0.245 e. The first-order valence-electron chi connectivity index (χ1n) is 9.14. The van der Waals surface area contributed by atoms with Gasteiger partial charge in [-0.05, 0) is 35.9 Å². The van der Waals surface area contributed by atoms with Crippen LogP contribution >= 0.6 is 0 Å². The number of amides is 2. The van der Waals surface area contributed by atoms with Crippen molar-refractivity contribution in [3.05, 3.63) is 35.9 Å². The highest BCUT2D eigenvalue weighted by Gasteiger charge is 2.22. The maximum absolute atomic E-state index is 12.2. The molecule has 1 fully saturated rings.